The van der Waals surface area contributed by atoms with Gasteiger partial charge in [0.25, 0.3) is 5.91 Å². The molecule has 6 nitrogen and oxygen atoms in total. The van der Waals surface area contributed by atoms with E-state index in [1.54, 1.807) is 7.11 Å². The number of ether oxygens (including phenoxy) is 1. The highest BCUT2D eigenvalue weighted by molar-refractivity contribution is 7.13. The summed E-state index contributed by atoms with van der Waals surface area (Å²) < 4.78 is 5.16. The van der Waals surface area contributed by atoms with Crippen LogP contribution in [0.15, 0.2) is 24.3 Å². The first-order valence-corrected chi connectivity index (χ1v) is 10.6. The largest absolute Gasteiger partial charge is 0.497 e. The molecule has 0 atom stereocenters. The van der Waals surface area contributed by atoms with Crippen LogP contribution in [0.5, 0.6) is 5.75 Å². The van der Waals surface area contributed by atoms with E-state index in [-0.39, 0.29) is 11.8 Å². The van der Waals surface area contributed by atoms with Gasteiger partial charge in [-0.25, -0.2) is 4.98 Å². The Hall–Kier alpha value is -2.41. The molecule has 0 aliphatic carbocycles. The molecule has 0 spiro atoms. The summed E-state index contributed by atoms with van der Waals surface area (Å²) in [4.78, 5) is 34.9. The molecule has 148 valence electrons. The van der Waals surface area contributed by atoms with Crippen molar-refractivity contribution in [1.82, 2.24) is 14.8 Å². The normalized spacial score (nSPS) is 16.6. The maximum absolute atomic E-state index is 12.7. The van der Waals surface area contributed by atoms with Gasteiger partial charge in [-0.15, -0.1) is 11.3 Å². The number of likely N-dealkylation sites (tertiary alicyclic amines) is 1. The van der Waals surface area contributed by atoms with Crippen LogP contribution in [0.25, 0.3) is 0 Å². The van der Waals surface area contributed by atoms with E-state index in [1.165, 1.54) is 11.3 Å². The Bertz CT molecular complexity index is 831. The van der Waals surface area contributed by atoms with Crippen LogP contribution in [-0.4, -0.2) is 59.9 Å². The molecule has 2 aliphatic heterocycles. The molecule has 1 fully saturated rings. The van der Waals surface area contributed by atoms with E-state index in [0.29, 0.717) is 30.9 Å². The van der Waals surface area contributed by atoms with E-state index in [4.69, 9.17) is 4.74 Å². The van der Waals surface area contributed by atoms with Gasteiger partial charge < -0.3 is 14.5 Å². The predicted octanol–water partition coefficient (Wildman–Crippen LogP) is 2.56. The topological polar surface area (TPSA) is 62.7 Å². The predicted molar refractivity (Wildman–Crippen MR) is 108 cm³/mol. The number of carbonyl (C=O) groups is 2. The third kappa shape index (κ3) is 4.04. The number of benzene rings is 1. The van der Waals surface area contributed by atoms with Gasteiger partial charge in [0.2, 0.25) is 5.91 Å². The molecule has 0 saturated carbocycles. The molecule has 28 heavy (non-hydrogen) atoms. The van der Waals surface area contributed by atoms with Crippen molar-refractivity contribution in [3.05, 3.63) is 45.4 Å². The summed E-state index contributed by atoms with van der Waals surface area (Å²) in [6.07, 6.45) is 4.05. The van der Waals surface area contributed by atoms with Crippen molar-refractivity contribution in [3.8, 4) is 5.75 Å². The van der Waals surface area contributed by atoms with Crippen molar-refractivity contribution in [2.75, 3.05) is 33.3 Å². The Balaban J connectivity index is 1.37. The van der Waals surface area contributed by atoms with E-state index < -0.39 is 0 Å². The van der Waals surface area contributed by atoms with Crippen molar-refractivity contribution >= 4 is 23.2 Å². The van der Waals surface area contributed by atoms with Gasteiger partial charge in [0.15, 0.2) is 5.01 Å². The maximum Gasteiger partial charge on any atom is 0.282 e. The zero-order valence-electron chi connectivity index (χ0n) is 16.1. The molecular weight excluding hydrogens is 374 g/mol. The lowest BCUT2D eigenvalue weighted by Crippen LogP contribution is -2.34. The fraction of sp³-hybridized carbons (Fsp3) is 0.476. The first-order chi connectivity index (χ1) is 13.6. The van der Waals surface area contributed by atoms with Crippen LogP contribution in [0.4, 0.5) is 0 Å². The minimum atomic E-state index is 0.0722. The van der Waals surface area contributed by atoms with E-state index in [0.717, 1.165) is 54.2 Å². The second-order valence-electron chi connectivity index (χ2n) is 7.29. The Morgan fingerprint density at radius 2 is 1.75 bits per heavy atom. The van der Waals surface area contributed by atoms with Gasteiger partial charge in [-0.05, 0) is 30.5 Å². The van der Waals surface area contributed by atoms with Crippen molar-refractivity contribution in [3.63, 3.8) is 0 Å². The quantitative estimate of drug-likeness (QED) is 0.793. The Morgan fingerprint density at radius 3 is 2.46 bits per heavy atom. The number of amides is 2. The molecule has 4 rings (SSSR count). The smallest absolute Gasteiger partial charge is 0.282 e. The van der Waals surface area contributed by atoms with Crippen LogP contribution >= 0.6 is 11.3 Å². The molecule has 1 aromatic heterocycles. The first kappa shape index (κ1) is 18.9. The molecule has 1 saturated heterocycles. The number of methoxy groups -OCH3 is 1. The summed E-state index contributed by atoms with van der Waals surface area (Å²) in [7, 11) is 1.63. The maximum atomic E-state index is 12.7. The van der Waals surface area contributed by atoms with Crippen LogP contribution < -0.4 is 4.74 Å². The Kier molecular flexibility index (Phi) is 5.62. The lowest BCUT2D eigenvalue weighted by molar-refractivity contribution is -0.130. The van der Waals surface area contributed by atoms with Crippen molar-refractivity contribution < 1.29 is 14.3 Å². The Morgan fingerprint density at radius 1 is 1.04 bits per heavy atom. The molecule has 0 bridgehead atoms. The number of hydrogen-bond acceptors (Lipinski definition) is 5. The third-order valence-corrected chi connectivity index (χ3v) is 6.59. The SMILES string of the molecule is COc1ccc(CC(=O)N2CCc3nc(C(=O)N4CCCC4)sc3CC2)cc1. The molecule has 2 aromatic rings. The molecule has 7 heteroatoms. The second-order valence-corrected chi connectivity index (χ2v) is 8.38. The summed E-state index contributed by atoms with van der Waals surface area (Å²) in [5.74, 6) is 0.998. The number of carbonyl (C=O) groups excluding carboxylic acids is 2. The van der Waals surface area contributed by atoms with Crippen molar-refractivity contribution in [2.24, 2.45) is 0 Å². The number of fused-ring (bicyclic) bond motifs is 1. The molecule has 1 aromatic carbocycles. The monoisotopic (exact) mass is 399 g/mol. The minimum absolute atomic E-state index is 0.0722. The molecule has 3 heterocycles. The van der Waals surface area contributed by atoms with Gasteiger partial charge in [-0.3, -0.25) is 9.59 Å². The molecule has 0 N–H and O–H groups in total. The van der Waals surface area contributed by atoms with Gasteiger partial charge in [0, 0.05) is 43.9 Å². The highest BCUT2D eigenvalue weighted by atomic mass is 32.1. The van der Waals surface area contributed by atoms with E-state index in [1.807, 2.05) is 34.1 Å². The first-order valence-electron chi connectivity index (χ1n) is 9.82. The van der Waals surface area contributed by atoms with Gasteiger partial charge in [0.05, 0.1) is 19.2 Å². The van der Waals surface area contributed by atoms with Gasteiger partial charge in [0.1, 0.15) is 5.75 Å². The summed E-state index contributed by atoms with van der Waals surface area (Å²) >= 11 is 1.51. The van der Waals surface area contributed by atoms with E-state index in [9.17, 15) is 9.59 Å². The third-order valence-electron chi connectivity index (χ3n) is 5.45. The molecule has 0 radical (unpaired) electrons. The summed E-state index contributed by atoms with van der Waals surface area (Å²) in [6, 6.07) is 7.63. The van der Waals surface area contributed by atoms with Crippen LogP contribution in [0, 0.1) is 0 Å². The summed E-state index contributed by atoms with van der Waals surface area (Å²) in [5, 5.41) is 0.616. The van der Waals surface area contributed by atoms with E-state index >= 15 is 0 Å². The average molecular weight is 400 g/mol. The van der Waals surface area contributed by atoms with Gasteiger partial charge >= 0.3 is 0 Å². The lowest BCUT2D eigenvalue weighted by atomic mass is 10.1. The van der Waals surface area contributed by atoms with Crippen LogP contribution in [0.1, 0.15) is 38.8 Å². The zero-order chi connectivity index (χ0) is 19.5. The highest BCUT2D eigenvalue weighted by Crippen LogP contribution is 2.25. The summed E-state index contributed by atoms with van der Waals surface area (Å²) in [6.45, 7) is 3.03. The summed E-state index contributed by atoms with van der Waals surface area (Å²) in [5.41, 5.74) is 1.98. The fourth-order valence-corrected chi connectivity index (χ4v) is 4.85. The van der Waals surface area contributed by atoms with Gasteiger partial charge in [-0.1, -0.05) is 12.1 Å². The number of aromatic nitrogens is 1. The standard InChI is InChI=1S/C21H25N3O3S/c1-27-16-6-4-15(5-7-16)14-19(25)23-12-8-17-18(9-13-23)28-20(22-17)21(26)24-10-2-3-11-24/h4-7H,2-3,8-14H2,1H3. The molecule has 0 unspecified atom stereocenters. The minimum Gasteiger partial charge on any atom is -0.497 e. The zero-order valence-corrected chi connectivity index (χ0v) is 17.0. The van der Waals surface area contributed by atoms with E-state index in [2.05, 4.69) is 4.98 Å². The molecular formula is C21H25N3O3S. The second kappa shape index (κ2) is 8.31. The molecule has 2 aliphatic rings. The average Bonchev–Trinajstić information content (AvgIpc) is 3.35. The van der Waals surface area contributed by atoms with Crippen LogP contribution in [-0.2, 0) is 24.1 Å². The number of thiazole rings is 1. The fourth-order valence-electron chi connectivity index (χ4n) is 3.79. The lowest BCUT2D eigenvalue weighted by Gasteiger charge is -2.20. The van der Waals surface area contributed by atoms with Crippen LogP contribution in [0.3, 0.4) is 0 Å². The molecule has 2 amide bonds. The number of rotatable bonds is 4. The van der Waals surface area contributed by atoms with Crippen molar-refractivity contribution in [2.45, 2.75) is 32.1 Å². The number of hydrogen-bond donors (Lipinski definition) is 0. The highest BCUT2D eigenvalue weighted by Gasteiger charge is 2.26. The van der Waals surface area contributed by atoms with Crippen molar-refractivity contribution in [1.29, 1.82) is 0 Å². The van der Waals surface area contributed by atoms with Crippen LogP contribution in [0.2, 0.25) is 0 Å². The Labute approximate surface area is 169 Å². The van der Waals surface area contributed by atoms with Gasteiger partial charge in [-0.2, -0.15) is 0 Å². The number of nitrogens with zero attached hydrogens (tertiary/aromatic N) is 3.